The minimum absolute atomic E-state index is 0.150. The van der Waals surface area contributed by atoms with Crippen LogP contribution in [0, 0.1) is 10.1 Å². The Morgan fingerprint density at radius 2 is 2.00 bits per heavy atom. The van der Waals surface area contributed by atoms with Gasteiger partial charge in [0.25, 0.3) is 5.69 Å². The lowest BCUT2D eigenvalue weighted by molar-refractivity contribution is -0.384. The molecule has 2 N–H and O–H groups in total. The molecule has 0 aromatic heterocycles. The van der Waals surface area contributed by atoms with Crippen molar-refractivity contribution >= 4 is 11.4 Å². The normalized spacial score (nSPS) is 30.1. The van der Waals surface area contributed by atoms with Gasteiger partial charge in [0.1, 0.15) is 0 Å². The first-order valence-electron chi connectivity index (χ1n) is 6.48. The smallest absolute Gasteiger partial charge is 0.271 e. The van der Waals surface area contributed by atoms with Gasteiger partial charge in [-0.3, -0.25) is 10.1 Å². The number of nitrogens with one attached hydrogen (secondary N) is 2. The van der Waals surface area contributed by atoms with Crippen molar-refractivity contribution in [2.75, 3.05) is 5.32 Å². The molecule has 3 rings (SSSR count). The molecule has 2 heterocycles. The molecule has 1 aromatic carbocycles. The fraction of sp³-hybridized carbons (Fsp3) is 0.538. The number of anilines is 1. The van der Waals surface area contributed by atoms with Crippen molar-refractivity contribution in [1.82, 2.24) is 5.32 Å². The Morgan fingerprint density at radius 1 is 1.28 bits per heavy atom. The summed E-state index contributed by atoms with van der Waals surface area (Å²) in [6, 6.07) is 8.46. The molecule has 2 atom stereocenters. The van der Waals surface area contributed by atoms with Crippen LogP contribution in [0.4, 0.5) is 11.4 Å². The maximum Gasteiger partial charge on any atom is 0.271 e. The zero-order valence-electron chi connectivity index (χ0n) is 10.1. The molecule has 0 amide bonds. The number of benzene rings is 1. The predicted octanol–water partition coefficient (Wildman–Crippen LogP) is 2.29. The lowest BCUT2D eigenvalue weighted by Crippen LogP contribution is -2.43. The average Bonchev–Trinajstić information content (AvgIpc) is 2.69. The zero-order valence-corrected chi connectivity index (χ0v) is 10.1. The van der Waals surface area contributed by atoms with Crippen LogP contribution in [0.3, 0.4) is 0 Å². The van der Waals surface area contributed by atoms with Crippen LogP contribution in [-0.4, -0.2) is 23.0 Å². The Morgan fingerprint density at radius 3 is 2.67 bits per heavy atom. The summed E-state index contributed by atoms with van der Waals surface area (Å²) in [7, 11) is 0. The van der Waals surface area contributed by atoms with Gasteiger partial charge in [-0.25, -0.2) is 0 Å². The molecule has 5 heteroatoms. The van der Waals surface area contributed by atoms with Crippen molar-refractivity contribution in [3.8, 4) is 0 Å². The summed E-state index contributed by atoms with van der Waals surface area (Å²) in [5, 5.41) is 17.7. The zero-order chi connectivity index (χ0) is 12.5. The molecule has 2 aliphatic heterocycles. The van der Waals surface area contributed by atoms with Gasteiger partial charge in [0, 0.05) is 35.9 Å². The molecule has 0 saturated carbocycles. The number of hydrogen-bond acceptors (Lipinski definition) is 4. The van der Waals surface area contributed by atoms with E-state index in [1.165, 1.54) is 18.9 Å². The van der Waals surface area contributed by atoms with Crippen molar-refractivity contribution in [2.24, 2.45) is 0 Å². The van der Waals surface area contributed by atoms with Crippen molar-refractivity contribution < 1.29 is 4.92 Å². The molecule has 2 saturated heterocycles. The third kappa shape index (κ3) is 2.31. The summed E-state index contributed by atoms with van der Waals surface area (Å²) in [6.07, 6.45) is 4.74. The van der Waals surface area contributed by atoms with Gasteiger partial charge in [0.05, 0.1) is 4.92 Å². The molecule has 96 valence electrons. The third-order valence-electron chi connectivity index (χ3n) is 3.90. The second-order valence-corrected chi connectivity index (χ2v) is 5.26. The van der Waals surface area contributed by atoms with E-state index < -0.39 is 0 Å². The van der Waals surface area contributed by atoms with E-state index in [9.17, 15) is 10.1 Å². The molecule has 2 unspecified atom stereocenters. The Hall–Kier alpha value is -1.62. The second-order valence-electron chi connectivity index (χ2n) is 5.26. The van der Waals surface area contributed by atoms with Crippen LogP contribution < -0.4 is 10.6 Å². The molecule has 0 radical (unpaired) electrons. The minimum Gasteiger partial charge on any atom is -0.382 e. The molecule has 2 aliphatic rings. The van der Waals surface area contributed by atoms with Crippen molar-refractivity contribution in [3.05, 3.63) is 34.4 Å². The van der Waals surface area contributed by atoms with Crippen LogP contribution in [0.5, 0.6) is 0 Å². The Bertz CT molecular complexity index is 451. The quantitative estimate of drug-likeness (QED) is 0.635. The summed E-state index contributed by atoms with van der Waals surface area (Å²) in [5.74, 6) is 0. The number of piperidine rings is 1. The highest BCUT2D eigenvalue weighted by Crippen LogP contribution is 2.29. The Balaban J connectivity index is 1.69. The first-order chi connectivity index (χ1) is 8.70. The molecule has 18 heavy (non-hydrogen) atoms. The fourth-order valence-corrected chi connectivity index (χ4v) is 3.12. The SMILES string of the molecule is O=[N+]([O-])c1cccc(NC2CC3CCC(C2)N3)c1. The Kier molecular flexibility index (Phi) is 2.91. The number of fused-ring (bicyclic) bond motifs is 2. The number of nitro benzene ring substituents is 1. The van der Waals surface area contributed by atoms with Gasteiger partial charge in [-0.1, -0.05) is 6.07 Å². The molecule has 0 spiro atoms. The van der Waals surface area contributed by atoms with E-state index in [2.05, 4.69) is 10.6 Å². The third-order valence-corrected chi connectivity index (χ3v) is 3.90. The van der Waals surface area contributed by atoms with Gasteiger partial charge in [-0.05, 0) is 31.7 Å². The summed E-state index contributed by atoms with van der Waals surface area (Å²) in [6.45, 7) is 0. The molecular formula is C13H17N3O2. The number of nitro groups is 1. The van der Waals surface area contributed by atoms with Crippen LogP contribution in [0.2, 0.25) is 0 Å². The van der Waals surface area contributed by atoms with Gasteiger partial charge >= 0.3 is 0 Å². The highest BCUT2D eigenvalue weighted by molar-refractivity contribution is 5.51. The fourth-order valence-electron chi connectivity index (χ4n) is 3.12. The topological polar surface area (TPSA) is 67.2 Å². The molecule has 2 bridgehead atoms. The number of non-ortho nitro benzene ring substituents is 1. The van der Waals surface area contributed by atoms with Gasteiger partial charge in [0.2, 0.25) is 0 Å². The molecule has 0 aliphatic carbocycles. The van der Waals surface area contributed by atoms with E-state index in [1.54, 1.807) is 12.1 Å². The lowest BCUT2D eigenvalue weighted by atomic mass is 9.99. The van der Waals surface area contributed by atoms with Crippen molar-refractivity contribution in [1.29, 1.82) is 0 Å². The van der Waals surface area contributed by atoms with E-state index in [-0.39, 0.29) is 10.6 Å². The lowest BCUT2D eigenvalue weighted by Gasteiger charge is -2.30. The molecule has 5 nitrogen and oxygen atoms in total. The maximum absolute atomic E-state index is 10.7. The predicted molar refractivity (Wildman–Crippen MR) is 69.7 cm³/mol. The number of nitrogens with zero attached hydrogens (tertiary/aromatic N) is 1. The highest BCUT2D eigenvalue weighted by atomic mass is 16.6. The average molecular weight is 247 g/mol. The minimum atomic E-state index is -0.350. The number of rotatable bonds is 3. The standard InChI is InChI=1S/C13H17N3O2/c17-16(18)13-3-1-2-9(8-13)15-12-6-10-4-5-11(7-12)14-10/h1-3,8,10-12,14-15H,4-7H2. The summed E-state index contributed by atoms with van der Waals surface area (Å²) < 4.78 is 0. The second kappa shape index (κ2) is 4.57. The van der Waals surface area contributed by atoms with Crippen LogP contribution in [-0.2, 0) is 0 Å². The van der Waals surface area contributed by atoms with Gasteiger partial charge in [0.15, 0.2) is 0 Å². The van der Waals surface area contributed by atoms with E-state index >= 15 is 0 Å². The van der Waals surface area contributed by atoms with E-state index in [0.717, 1.165) is 18.5 Å². The largest absolute Gasteiger partial charge is 0.382 e. The first kappa shape index (κ1) is 11.5. The summed E-state index contributed by atoms with van der Waals surface area (Å²) in [5.41, 5.74) is 1.01. The van der Waals surface area contributed by atoms with E-state index in [1.807, 2.05) is 6.07 Å². The Labute approximate surface area is 106 Å². The summed E-state index contributed by atoms with van der Waals surface area (Å²) >= 11 is 0. The number of hydrogen-bond donors (Lipinski definition) is 2. The monoisotopic (exact) mass is 247 g/mol. The van der Waals surface area contributed by atoms with Gasteiger partial charge in [-0.15, -0.1) is 0 Å². The van der Waals surface area contributed by atoms with Crippen LogP contribution in [0.1, 0.15) is 25.7 Å². The van der Waals surface area contributed by atoms with Crippen LogP contribution in [0.15, 0.2) is 24.3 Å². The summed E-state index contributed by atoms with van der Waals surface area (Å²) in [4.78, 5) is 10.4. The molecule has 2 fully saturated rings. The van der Waals surface area contributed by atoms with Crippen molar-refractivity contribution in [2.45, 2.75) is 43.8 Å². The van der Waals surface area contributed by atoms with Crippen molar-refractivity contribution in [3.63, 3.8) is 0 Å². The van der Waals surface area contributed by atoms with Crippen LogP contribution >= 0.6 is 0 Å². The van der Waals surface area contributed by atoms with Gasteiger partial charge < -0.3 is 10.6 Å². The first-order valence-corrected chi connectivity index (χ1v) is 6.48. The van der Waals surface area contributed by atoms with E-state index in [0.29, 0.717) is 18.1 Å². The van der Waals surface area contributed by atoms with Crippen LogP contribution in [0.25, 0.3) is 0 Å². The van der Waals surface area contributed by atoms with E-state index in [4.69, 9.17) is 0 Å². The maximum atomic E-state index is 10.7. The van der Waals surface area contributed by atoms with Gasteiger partial charge in [-0.2, -0.15) is 0 Å². The molecular weight excluding hydrogens is 230 g/mol. The highest BCUT2D eigenvalue weighted by Gasteiger charge is 2.33. The molecule has 1 aromatic rings.